The highest BCUT2D eigenvalue weighted by atomic mass is 32.2. The summed E-state index contributed by atoms with van der Waals surface area (Å²) in [5.41, 5.74) is 3.15. The highest BCUT2D eigenvalue weighted by Gasteiger charge is 2.35. The van der Waals surface area contributed by atoms with Gasteiger partial charge in [-0.1, -0.05) is 30.3 Å². The van der Waals surface area contributed by atoms with Crippen LogP contribution in [0.4, 0.5) is 11.4 Å². The van der Waals surface area contributed by atoms with Gasteiger partial charge in [-0.25, -0.2) is 8.42 Å². The van der Waals surface area contributed by atoms with Gasteiger partial charge in [0.25, 0.3) is 5.91 Å². The summed E-state index contributed by atoms with van der Waals surface area (Å²) < 4.78 is 32.2. The third kappa shape index (κ3) is 4.63. The second-order valence-corrected chi connectivity index (χ2v) is 10.1. The Morgan fingerprint density at radius 3 is 2.68 bits per heavy atom. The number of ether oxygens (including phenoxy) is 1. The molecule has 0 spiro atoms. The lowest BCUT2D eigenvalue weighted by Gasteiger charge is -2.34. The van der Waals surface area contributed by atoms with Crippen LogP contribution in [0, 0.1) is 0 Å². The number of para-hydroxylation sites is 3. The van der Waals surface area contributed by atoms with Crippen molar-refractivity contribution in [2.24, 2.45) is 0 Å². The van der Waals surface area contributed by atoms with E-state index in [0.29, 0.717) is 18.0 Å². The molecule has 4 rings (SSSR count). The fourth-order valence-corrected chi connectivity index (χ4v) is 5.32. The molecule has 1 amide bonds. The number of hydrogen-bond acceptors (Lipinski definition) is 5. The largest absolute Gasteiger partial charge is 0.476 e. The number of carbonyl (C=O) groups is 1. The van der Waals surface area contributed by atoms with E-state index in [0.717, 1.165) is 32.4 Å². The maximum Gasteiger partial charge on any atom is 0.263 e. The van der Waals surface area contributed by atoms with Gasteiger partial charge in [0.2, 0.25) is 10.0 Å². The number of aryl methyl sites for hydroxylation is 1. The van der Waals surface area contributed by atoms with E-state index in [-0.39, 0.29) is 18.2 Å². The van der Waals surface area contributed by atoms with Gasteiger partial charge in [-0.3, -0.25) is 9.10 Å². The fourth-order valence-electron chi connectivity index (χ4n) is 4.20. The second kappa shape index (κ2) is 9.18. The number of amides is 1. The zero-order chi connectivity index (χ0) is 21.8. The van der Waals surface area contributed by atoms with Gasteiger partial charge in [-0.05, 0) is 49.9 Å². The molecule has 2 aromatic carbocycles. The predicted octanol–water partition coefficient (Wildman–Crippen LogP) is 2.56. The van der Waals surface area contributed by atoms with Crippen molar-refractivity contribution < 1.29 is 17.9 Å². The lowest BCUT2D eigenvalue weighted by Crippen LogP contribution is -2.51. The van der Waals surface area contributed by atoms with E-state index in [9.17, 15) is 13.2 Å². The average Bonchev–Trinajstić information content (AvgIpc) is 2.81. The van der Waals surface area contributed by atoms with Crippen molar-refractivity contribution in [3.05, 3.63) is 54.1 Å². The molecule has 0 saturated carbocycles. The number of nitrogens with zero attached hydrogens (tertiary/aromatic N) is 2. The first-order valence-corrected chi connectivity index (χ1v) is 12.5. The van der Waals surface area contributed by atoms with Crippen LogP contribution in [-0.2, 0) is 21.2 Å². The molecule has 0 fully saturated rings. The molecule has 2 heterocycles. The van der Waals surface area contributed by atoms with Crippen LogP contribution in [0.5, 0.6) is 5.75 Å². The van der Waals surface area contributed by atoms with Crippen molar-refractivity contribution in [1.29, 1.82) is 0 Å². The minimum absolute atomic E-state index is 0.0154. The molecule has 1 N–H and O–H groups in total. The molecular formula is C23H29N3O4S. The van der Waals surface area contributed by atoms with Crippen LogP contribution >= 0.6 is 0 Å². The van der Waals surface area contributed by atoms with E-state index >= 15 is 0 Å². The Bertz CT molecular complexity index is 1040. The zero-order valence-electron chi connectivity index (χ0n) is 17.8. The summed E-state index contributed by atoms with van der Waals surface area (Å²) in [6.45, 7) is 3.98. The van der Waals surface area contributed by atoms with E-state index in [2.05, 4.69) is 34.5 Å². The Labute approximate surface area is 184 Å². The first kappa shape index (κ1) is 21.5. The molecule has 2 aliphatic heterocycles. The number of fused-ring (bicyclic) bond motifs is 2. The maximum atomic E-state index is 12.7. The number of rotatable bonds is 7. The summed E-state index contributed by atoms with van der Waals surface area (Å²) in [6, 6.07) is 15.4. The molecule has 0 bridgehead atoms. The Morgan fingerprint density at radius 2 is 1.87 bits per heavy atom. The average molecular weight is 444 g/mol. The topological polar surface area (TPSA) is 79.0 Å². The SMILES string of the molecule is CCS(=O)(=O)N1CC(C(=O)NCCCN2CCCc3ccccc32)Oc2ccccc21. The summed E-state index contributed by atoms with van der Waals surface area (Å²) in [7, 11) is -3.50. The van der Waals surface area contributed by atoms with E-state index < -0.39 is 16.1 Å². The Hall–Kier alpha value is -2.74. The standard InChI is InChI=1S/C23H29N3O4S/c1-2-31(28,29)26-17-22(30-21-13-6-5-12-20(21)26)23(27)24-14-8-16-25-15-7-10-18-9-3-4-11-19(18)25/h3-6,9,11-13,22H,2,7-8,10,14-17H2,1H3,(H,24,27). The molecule has 1 unspecified atom stereocenters. The number of benzene rings is 2. The van der Waals surface area contributed by atoms with Crippen molar-refractivity contribution in [3.63, 3.8) is 0 Å². The van der Waals surface area contributed by atoms with E-state index in [1.165, 1.54) is 15.6 Å². The van der Waals surface area contributed by atoms with Crippen molar-refractivity contribution in [2.75, 3.05) is 41.1 Å². The third-order valence-corrected chi connectivity index (χ3v) is 7.59. The maximum absolute atomic E-state index is 12.7. The number of hydrogen-bond donors (Lipinski definition) is 1. The Kier molecular flexibility index (Phi) is 6.36. The van der Waals surface area contributed by atoms with Crippen LogP contribution in [0.25, 0.3) is 0 Å². The number of nitrogens with one attached hydrogen (secondary N) is 1. The van der Waals surface area contributed by atoms with E-state index in [1.807, 2.05) is 0 Å². The first-order chi connectivity index (χ1) is 15.0. The normalized spacial score (nSPS) is 18.0. The van der Waals surface area contributed by atoms with Gasteiger partial charge in [0.1, 0.15) is 5.75 Å². The number of anilines is 2. The highest BCUT2D eigenvalue weighted by molar-refractivity contribution is 7.92. The van der Waals surface area contributed by atoms with Crippen molar-refractivity contribution >= 4 is 27.3 Å². The molecule has 0 saturated heterocycles. The van der Waals surface area contributed by atoms with Crippen LogP contribution in [0.3, 0.4) is 0 Å². The van der Waals surface area contributed by atoms with Crippen LogP contribution in [0.15, 0.2) is 48.5 Å². The third-order valence-electron chi connectivity index (χ3n) is 5.84. The fraction of sp³-hybridized carbons (Fsp3) is 0.435. The van der Waals surface area contributed by atoms with Gasteiger partial charge in [0.15, 0.2) is 6.10 Å². The quantitative estimate of drug-likeness (QED) is 0.666. The first-order valence-electron chi connectivity index (χ1n) is 10.9. The molecule has 166 valence electrons. The van der Waals surface area contributed by atoms with Gasteiger partial charge >= 0.3 is 0 Å². The van der Waals surface area contributed by atoms with Crippen LogP contribution in [0.2, 0.25) is 0 Å². The monoisotopic (exact) mass is 443 g/mol. The lowest BCUT2D eigenvalue weighted by molar-refractivity contribution is -0.127. The van der Waals surface area contributed by atoms with Crippen molar-refractivity contribution in [2.45, 2.75) is 32.3 Å². The predicted molar refractivity (Wildman–Crippen MR) is 122 cm³/mol. The van der Waals surface area contributed by atoms with Crippen LogP contribution < -0.4 is 19.3 Å². The molecule has 2 aromatic rings. The summed E-state index contributed by atoms with van der Waals surface area (Å²) >= 11 is 0. The zero-order valence-corrected chi connectivity index (χ0v) is 18.6. The molecule has 7 nitrogen and oxygen atoms in total. The highest BCUT2D eigenvalue weighted by Crippen LogP contribution is 2.35. The molecule has 8 heteroatoms. The molecule has 0 radical (unpaired) electrons. The summed E-state index contributed by atoms with van der Waals surface area (Å²) in [5.74, 6) is 0.0909. The molecule has 0 aliphatic carbocycles. The molecular weight excluding hydrogens is 414 g/mol. The van der Waals surface area contributed by atoms with Gasteiger partial charge in [0.05, 0.1) is 18.0 Å². The molecule has 0 aromatic heterocycles. The lowest BCUT2D eigenvalue weighted by atomic mass is 10.0. The summed E-state index contributed by atoms with van der Waals surface area (Å²) in [4.78, 5) is 15.1. The van der Waals surface area contributed by atoms with E-state index in [1.54, 1.807) is 31.2 Å². The minimum Gasteiger partial charge on any atom is -0.476 e. The minimum atomic E-state index is -3.50. The van der Waals surface area contributed by atoms with Gasteiger partial charge < -0.3 is 15.0 Å². The number of sulfonamides is 1. The summed E-state index contributed by atoms with van der Waals surface area (Å²) in [6.07, 6.45) is 2.19. The smallest absolute Gasteiger partial charge is 0.263 e. The number of carbonyl (C=O) groups excluding carboxylic acids is 1. The van der Waals surface area contributed by atoms with Gasteiger partial charge in [0, 0.05) is 25.3 Å². The van der Waals surface area contributed by atoms with Gasteiger partial charge in [-0.2, -0.15) is 0 Å². The molecule has 1 atom stereocenters. The Morgan fingerprint density at radius 1 is 1.13 bits per heavy atom. The van der Waals surface area contributed by atoms with Crippen molar-refractivity contribution in [3.8, 4) is 5.75 Å². The van der Waals surface area contributed by atoms with Gasteiger partial charge in [-0.15, -0.1) is 0 Å². The van der Waals surface area contributed by atoms with Crippen molar-refractivity contribution in [1.82, 2.24) is 5.32 Å². The second-order valence-electron chi connectivity index (χ2n) is 7.87. The van der Waals surface area contributed by atoms with Crippen LogP contribution in [-0.4, -0.2) is 52.4 Å². The Balaban J connectivity index is 1.34. The summed E-state index contributed by atoms with van der Waals surface area (Å²) in [5, 5.41) is 2.92. The van der Waals surface area contributed by atoms with E-state index in [4.69, 9.17) is 4.74 Å². The van der Waals surface area contributed by atoms with Crippen LogP contribution in [0.1, 0.15) is 25.3 Å². The molecule has 2 aliphatic rings. The molecule has 31 heavy (non-hydrogen) atoms.